The van der Waals surface area contributed by atoms with Crippen LogP contribution < -0.4 is 5.79 Å². The monoisotopic (exact) mass is 2490 g/mol. The standard InChI is InChI=1S/C61H83NO5S5Si.C26H41Br2NO2S.C25H32O3S2Si.6CH3.2Sn/c1-9-15-18-21-23-24-26-29-34-47(33-28-25-22-19-16-10-2)44-62-60(63)55-46(8)69-59(56(55)61(62)64)52-40-39-51(70-52)54-43-48(35-30-20-17-11-3)58(72-54)57-49(42-53(71-57)50-38-37-45(7)68-50)36-31-27-32-41-73(65-12-4,66-13-5)67-14-6;1-3-5-7-9-11-12-14-16-18-20(17-15-13-10-8-6-4-2)19-29-25(30)21-22(26(29)31)24(28)32-23(21)27;1-5-9-10-12-15-22-17-19-29-24(22)25-23(18-20-30-25)16-13-11-14-21-31(26-6-2,27-7-3)28-8-4;;;;;;;;/h37-40,42-43,47H,9-10,12-16,18-31,33-36,44H2,1-8H3;20H,3-19H2,1-2H3;17-18H,6-8,10-13,15-16H2,1-4H3;6*1H3;;. The van der Waals surface area contributed by atoms with Gasteiger partial charge in [-0.2, -0.15) is 0 Å². The number of hydrogen-bond donors (Lipinski definition) is 0. The Kier molecular flexibility index (Phi) is 59.7. The first-order chi connectivity index (χ1) is 69.5. The van der Waals surface area contributed by atoms with Crippen molar-refractivity contribution >= 4 is 206 Å². The molecular formula is C118H174Br2N2O10S8Si2Sn2. The minimum atomic E-state index is -3.04. The van der Waals surface area contributed by atoms with Crippen molar-refractivity contribution in [2.45, 2.75) is 409 Å². The first kappa shape index (κ1) is 126. The molecule has 0 N–H and O–H groups in total. The molecule has 794 valence electrons. The summed E-state index contributed by atoms with van der Waals surface area (Å²) >= 11 is 17.2. The topological polar surface area (TPSA) is 130 Å². The molecule has 2 atom stereocenters. The van der Waals surface area contributed by atoms with Gasteiger partial charge in [0.05, 0.1) is 34.7 Å². The first-order valence-corrected chi connectivity index (χ1v) is 86.7. The minimum Gasteiger partial charge on any atom is -0.364 e. The predicted molar refractivity (Wildman–Crippen MR) is 644 cm³/mol. The number of thiophene rings is 8. The molecule has 0 radical (unpaired) electrons. The second-order valence-electron chi connectivity index (χ2n) is 40.5. The Morgan fingerprint density at radius 3 is 0.944 bits per heavy atom. The summed E-state index contributed by atoms with van der Waals surface area (Å²) in [5.74, 6) is 19.8. The molecule has 2 unspecified atom stereocenters. The quantitative estimate of drug-likeness (QED) is 0.0157. The molecule has 0 saturated heterocycles. The molecule has 2 aliphatic rings. The number of amides is 4. The van der Waals surface area contributed by atoms with Gasteiger partial charge in [0.25, 0.3) is 23.6 Å². The van der Waals surface area contributed by atoms with E-state index in [4.69, 9.17) is 26.6 Å². The molecule has 10 rings (SSSR count). The SMILES string of the molecule is CC#CCCCc1c[c]([Sn]([CH3])([CH3])[CH3])sc1-c1s[c]([Sn]([CH3])([CH3])[CH3])cc1CCCC#C[Si](OCC)(OCC)OCC.CC#CCCCc1cc(-c2ccc(-c3sc(C)c4c3C(=O)N(CC(CCCCCCCC)CCCCCCCCCC)C4=O)s2)sc1-c1sc(-c2ccc(C)s2)cc1CCCC#C[Si](OCC)(OCC)OCC.CCCCCCCCCCC(CCCCCCCC)CN1C(=O)c2c(Br)sc(Br)c2C1=O. The summed E-state index contributed by atoms with van der Waals surface area (Å²) in [6.45, 7) is 33.2. The maximum atomic E-state index is 14.6. The fraction of sp³-hybridized carbons (Fsp3) is 0.627. The fourth-order valence-corrected chi connectivity index (χ4v) is 44.9. The third kappa shape index (κ3) is 40.0. The van der Waals surface area contributed by atoms with Crippen LogP contribution in [0.5, 0.6) is 0 Å². The number of halogens is 2. The summed E-state index contributed by atoms with van der Waals surface area (Å²) in [5, 5.41) is 0. The van der Waals surface area contributed by atoms with E-state index in [1.165, 1.54) is 252 Å². The van der Waals surface area contributed by atoms with Crippen LogP contribution in [-0.2, 0) is 52.2 Å². The summed E-state index contributed by atoms with van der Waals surface area (Å²) in [5.41, 5.74) is 14.8. The number of unbranched alkanes of at least 4 members (excludes halogenated alkanes) is 28. The normalized spacial score (nSPS) is 13.0. The molecule has 0 fully saturated rings. The van der Waals surface area contributed by atoms with Crippen molar-refractivity contribution in [3.63, 3.8) is 0 Å². The molecule has 4 amide bonds. The van der Waals surface area contributed by atoms with Crippen molar-refractivity contribution in [3.8, 4) is 95.4 Å². The molecule has 8 aromatic heterocycles. The van der Waals surface area contributed by atoms with Crippen molar-refractivity contribution in [1.29, 1.82) is 0 Å². The van der Waals surface area contributed by atoms with E-state index in [0.29, 0.717) is 86.8 Å². The Labute approximate surface area is 931 Å². The van der Waals surface area contributed by atoms with Crippen molar-refractivity contribution in [1.82, 2.24) is 9.80 Å². The van der Waals surface area contributed by atoms with Crippen LogP contribution in [0.4, 0.5) is 0 Å². The van der Waals surface area contributed by atoms with Crippen LogP contribution in [0.1, 0.15) is 413 Å². The number of carbonyl (C=O) groups is 4. The predicted octanol–water partition coefficient (Wildman–Crippen LogP) is 36.6. The van der Waals surface area contributed by atoms with Crippen molar-refractivity contribution in [3.05, 3.63) is 110 Å². The van der Waals surface area contributed by atoms with Gasteiger partial charge in [0.1, 0.15) is 0 Å². The maximum absolute atomic E-state index is 14.6. The van der Waals surface area contributed by atoms with Crippen molar-refractivity contribution in [2.75, 3.05) is 52.7 Å². The Morgan fingerprint density at radius 2 is 0.618 bits per heavy atom. The number of aryl methyl sites for hydroxylation is 6. The van der Waals surface area contributed by atoms with Gasteiger partial charge in [-0.25, -0.2) is 0 Å². The van der Waals surface area contributed by atoms with Gasteiger partial charge in [-0.05, 0) is 190 Å². The van der Waals surface area contributed by atoms with Gasteiger partial charge >= 0.3 is 268 Å². The Morgan fingerprint density at radius 1 is 0.319 bits per heavy atom. The van der Waals surface area contributed by atoms with E-state index in [1.54, 1.807) is 43.8 Å². The minimum absolute atomic E-state index is 0.0895. The van der Waals surface area contributed by atoms with Crippen LogP contribution in [0.15, 0.2) is 56.1 Å². The van der Waals surface area contributed by atoms with Gasteiger partial charge in [0, 0.05) is 89.6 Å². The molecule has 8 aromatic rings. The summed E-state index contributed by atoms with van der Waals surface area (Å²) < 4.78 is 40.7. The average molecular weight is 2490 g/mol. The van der Waals surface area contributed by atoms with Gasteiger partial charge in [0.2, 0.25) is 0 Å². The number of nitrogens with zero attached hydrogens (tertiary/aromatic N) is 2. The van der Waals surface area contributed by atoms with Crippen LogP contribution >= 0.6 is 123 Å². The zero-order chi connectivity index (χ0) is 104. The second kappa shape index (κ2) is 68.2. The molecule has 2 aliphatic heterocycles. The summed E-state index contributed by atoms with van der Waals surface area (Å²) in [6.07, 6.45) is 51.9. The number of carbonyl (C=O) groups excluding carboxylic acids is 4. The van der Waals surface area contributed by atoms with Crippen LogP contribution in [0.3, 0.4) is 0 Å². The number of imide groups is 2. The zero-order valence-corrected chi connectivity index (χ0v) is 109. The van der Waals surface area contributed by atoms with E-state index in [0.717, 1.165) is 125 Å². The smallest absolute Gasteiger partial charge is 0.364 e. The number of fused-ring (bicyclic) bond motifs is 2. The van der Waals surface area contributed by atoms with E-state index in [1.807, 2.05) is 96.3 Å². The van der Waals surface area contributed by atoms with E-state index < -0.39 is 54.4 Å². The Hall–Kier alpha value is -3.13. The van der Waals surface area contributed by atoms with Crippen LogP contribution in [-0.4, -0.2) is 141 Å². The van der Waals surface area contributed by atoms with E-state index in [-0.39, 0.29) is 23.6 Å². The van der Waals surface area contributed by atoms with E-state index in [2.05, 4.69) is 214 Å². The van der Waals surface area contributed by atoms with E-state index in [9.17, 15) is 19.2 Å². The Balaban J connectivity index is 0.000000298. The van der Waals surface area contributed by atoms with Gasteiger partial charge < -0.3 is 13.3 Å². The number of rotatable bonds is 67. The third-order valence-electron chi connectivity index (χ3n) is 26.5. The summed E-state index contributed by atoms with van der Waals surface area (Å²) in [6, 6.07) is 18.9. The summed E-state index contributed by atoms with van der Waals surface area (Å²) in [4.78, 5) is 88.3. The second-order valence-corrected chi connectivity index (χ2v) is 87.2. The molecule has 0 bridgehead atoms. The number of hydrogen-bond acceptors (Lipinski definition) is 18. The van der Waals surface area contributed by atoms with Gasteiger partial charge in [0.15, 0.2) is 0 Å². The van der Waals surface area contributed by atoms with Crippen LogP contribution in [0.25, 0.3) is 48.8 Å². The molecule has 0 spiro atoms. The van der Waals surface area contributed by atoms with Crippen molar-refractivity contribution < 1.29 is 45.7 Å². The first-order valence-electron chi connectivity index (χ1n) is 55.2. The molecule has 12 nitrogen and oxygen atoms in total. The van der Waals surface area contributed by atoms with Gasteiger partial charge in [-0.3, -0.25) is 29.0 Å². The third-order valence-corrected chi connectivity index (χ3v) is 61.7. The fourth-order valence-electron chi connectivity index (χ4n) is 18.8. The average Bonchev–Trinajstić information content (AvgIpc) is 1.36. The van der Waals surface area contributed by atoms with Gasteiger partial charge in [-0.1, -0.05) is 207 Å². The molecule has 0 aliphatic carbocycles. The van der Waals surface area contributed by atoms with Gasteiger partial charge in [-0.15, -0.1) is 85.8 Å². The molecule has 0 aromatic carbocycles. The van der Waals surface area contributed by atoms with E-state index >= 15 is 0 Å². The molecule has 10 heterocycles. The van der Waals surface area contributed by atoms with Crippen molar-refractivity contribution in [2.24, 2.45) is 11.8 Å². The zero-order valence-electron chi connectivity index (χ0n) is 91.5. The summed E-state index contributed by atoms with van der Waals surface area (Å²) in [7, 11) is -5.94. The molecule has 144 heavy (non-hydrogen) atoms. The molecule has 0 saturated carbocycles. The Bertz CT molecular complexity index is 5400. The van der Waals surface area contributed by atoms with Crippen LogP contribution in [0.2, 0.25) is 29.6 Å². The molecular weight excluding hydrogens is 2320 g/mol. The van der Waals surface area contributed by atoms with Crippen LogP contribution in [0, 0.1) is 72.3 Å². The molecule has 26 heteroatoms.